The number of carbonyl (C=O) groups excluding carboxylic acids is 1. The van der Waals surface area contributed by atoms with Gasteiger partial charge in [-0.2, -0.15) is 0 Å². The number of amides is 1. The lowest BCUT2D eigenvalue weighted by Crippen LogP contribution is -2.47. The van der Waals surface area contributed by atoms with Gasteiger partial charge in [0.1, 0.15) is 0 Å². The Labute approximate surface area is 111 Å². The highest BCUT2D eigenvalue weighted by Crippen LogP contribution is 2.32. The largest absolute Gasteiger partial charge is 0.388 e. The topological polar surface area (TPSA) is 49.3 Å². The third-order valence-corrected chi connectivity index (χ3v) is 5.26. The van der Waals surface area contributed by atoms with Crippen molar-refractivity contribution in [3.63, 3.8) is 0 Å². The van der Waals surface area contributed by atoms with Gasteiger partial charge in [0.25, 0.3) is 5.91 Å². The Morgan fingerprint density at radius 3 is 2.83 bits per heavy atom. The molecule has 4 heteroatoms. The van der Waals surface area contributed by atoms with Crippen molar-refractivity contribution in [2.45, 2.75) is 50.5 Å². The van der Waals surface area contributed by atoms with Gasteiger partial charge in [-0.05, 0) is 50.5 Å². The first-order chi connectivity index (χ1) is 8.68. The summed E-state index contributed by atoms with van der Waals surface area (Å²) in [5.74, 6) is -0.00488. The summed E-state index contributed by atoms with van der Waals surface area (Å²) in [5.41, 5.74) is 1.47. The van der Waals surface area contributed by atoms with Crippen molar-refractivity contribution in [2.24, 2.45) is 0 Å². The van der Waals surface area contributed by atoms with E-state index in [-0.39, 0.29) is 5.91 Å². The molecule has 0 aromatic carbocycles. The second kappa shape index (κ2) is 4.67. The second-order valence-corrected chi connectivity index (χ2v) is 6.48. The highest BCUT2D eigenvalue weighted by molar-refractivity contribution is 7.10. The summed E-state index contributed by atoms with van der Waals surface area (Å²) in [5, 5.41) is 14.9. The molecule has 3 nitrogen and oxygen atoms in total. The van der Waals surface area contributed by atoms with Crippen LogP contribution in [0.25, 0.3) is 0 Å². The maximum absolute atomic E-state index is 12.1. The minimum Gasteiger partial charge on any atom is -0.388 e. The molecule has 2 aliphatic rings. The quantitative estimate of drug-likeness (QED) is 0.881. The predicted octanol–water partition coefficient (Wildman–Crippen LogP) is 2.27. The molecule has 0 unspecified atom stereocenters. The maximum Gasteiger partial charge on any atom is 0.252 e. The molecule has 0 spiro atoms. The molecule has 0 atom stereocenters. The molecule has 18 heavy (non-hydrogen) atoms. The van der Waals surface area contributed by atoms with E-state index in [1.54, 1.807) is 11.3 Å². The van der Waals surface area contributed by atoms with Crippen LogP contribution in [0, 0.1) is 0 Å². The lowest BCUT2D eigenvalue weighted by Gasteiger charge is -2.36. The van der Waals surface area contributed by atoms with Crippen LogP contribution in [0.4, 0.5) is 0 Å². The highest BCUT2D eigenvalue weighted by atomic mass is 32.1. The Morgan fingerprint density at radius 1 is 1.33 bits per heavy atom. The Hall–Kier alpha value is -0.870. The molecule has 1 saturated carbocycles. The second-order valence-electron chi connectivity index (χ2n) is 5.52. The Kier molecular flexibility index (Phi) is 3.16. The van der Waals surface area contributed by atoms with Crippen LogP contribution in [-0.2, 0) is 12.8 Å². The fourth-order valence-electron chi connectivity index (χ4n) is 2.79. The van der Waals surface area contributed by atoms with Crippen LogP contribution in [0.3, 0.4) is 0 Å². The van der Waals surface area contributed by atoms with Gasteiger partial charge >= 0.3 is 0 Å². The van der Waals surface area contributed by atoms with Crippen LogP contribution in [-0.4, -0.2) is 23.2 Å². The third-order valence-electron chi connectivity index (χ3n) is 4.17. The summed E-state index contributed by atoms with van der Waals surface area (Å²) in [6.07, 6.45) is 7.29. The van der Waals surface area contributed by atoms with E-state index >= 15 is 0 Å². The summed E-state index contributed by atoms with van der Waals surface area (Å²) < 4.78 is 0. The number of thiophene rings is 1. The van der Waals surface area contributed by atoms with Crippen LogP contribution in [0.2, 0.25) is 0 Å². The van der Waals surface area contributed by atoms with Crippen LogP contribution >= 0.6 is 11.3 Å². The van der Waals surface area contributed by atoms with Crippen LogP contribution < -0.4 is 5.32 Å². The molecule has 1 amide bonds. The molecule has 1 aromatic rings. The molecular weight excluding hydrogens is 246 g/mol. The summed E-state index contributed by atoms with van der Waals surface area (Å²) in [7, 11) is 0. The maximum atomic E-state index is 12.1. The molecule has 1 aromatic heterocycles. The number of aryl methyl sites for hydroxylation is 1. The summed E-state index contributed by atoms with van der Waals surface area (Å²) in [4.78, 5) is 13.5. The Balaban J connectivity index is 1.67. The molecule has 2 aliphatic carbocycles. The van der Waals surface area contributed by atoms with Crippen molar-refractivity contribution in [2.75, 3.05) is 6.54 Å². The predicted molar refractivity (Wildman–Crippen MR) is 72.1 cm³/mol. The number of hydrogen-bond donors (Lipinski definition) is 2. The smallest absolute Gasteiger partial charge is 0.252 e. The van der Waals surface area contributed by atoms with E-state index in [1.165, 1.54) is 23.3 Å². The highest BCUT2D eigenvalue weighted by Gasteiger charge is 2.34. The number of hydrogen-bond acceptors (Lipinski definition) is 3. The van der Waals surface area contributed by atoms with Gasteiger partial charge in [0.05, 0.1) is 11.2 Å². The molecule has 0 bridgehead atoms. The van der Waals surface area contributed by atoms with Gasteiger partial charge in [-0.1, -0.05) is 0 Å². The fourth-order valence-corrected chi connectivity index (χ4v) is 3.91. The van der Waals surface area contributed by atoms with E-state index in [4.69, 9.17) is 0 Å². The molecule has 1 heterocycles. The van der Waals surface area contributed by atoms with E-state index in [0.717, 1.165) is 37.7 Å². The van der Waals surface area contributed by atoms with Crippen molar-refractivity contribution >= 4 is 17.2 Å². The first-order valence-electron chi connectivity index (χ1n) is 6.78. The molecule has 2 N–H and O–H groups in total. The lowest BCUT2D eigenvalue weighted by atomic mass is 9.80. The first kappa shape index (κ1) is 12.2. The Morgan fingerprint density at radius 2 is 2.11 bits per heavy atom. The summed E-state index contributed by atoms with van der Waals surface area (Å²) >= 11 is 1.71. The van der Waals surface area contributed by atoms with Gasteiger partial charge < -0.3 is 10.4 Å². The van der Waals surface area contributed by atoms with Crippen LogP contribution in [0.1, 0.15) is 52.9 Å². The van der Waals surface area contributed by atoms with E-state index in [0.29, 0.717) is 6.54 Å². The monoisotopic (exact) mass is 265 g/mol. The summed E-state index contributed by atoms with van der Waals surface area (Å²) in [6.45, 7) is 0.399. The normalized spacial score (nSPS) is 20.9. The van der Waals surface area contributed by atoms with Gasteiger partial charge in [-0.3, -0.25) is 4.79 Å². The molecular formula is C14H19NO2S. The fraction of sp³-hybridized carbons (Fsp3) is 0.643. The number of nitrogens with one attached hydrogen (secondary N) is 1. The number of fused-ring (bicyclic) bond motifs is 1. The molecule has 98 valence electrons. The minimum atomic E-state index is -0.633. The molecule has 1 fully saturated rings. The average molecular weight is 265 g/mol. The van der Waals surface area contributed by atoms with Crippen molar-refractivity contribution in [1.29, 1.82) is 0 Å². The number of rotatable bonds is 3. The van der Waals surface area contributed by atoms with E-state index in [2.05, 4.69) is 5.32 Å². The van der Waals surface area contributed by atoms with Crippen molar-refractivity contribution < 1.29 is 9.90 Å². The van der Waals surface area contributed by atoms with Crippen LogP contribution in [0.15, 0.2) is 5.38 Å². The Bertz CT molecular complexity index is 462. The lowest BCUT2D eigenvalue weighted by molar-refractivity contribution is -0.0300. The zero-order valence-electron chi connectivity index (χ0n) is 10.5. The van der Waals surface area contributed by atoms with Crippen molar-refractivity contribution in [3.8, 4) is 0 Å². The van der Waals surface area contributed by atoms with Gasteiger partial charge in [-0.15, -0.1) is 11.3 Å². The van der Waals surface area contributed by atoms with E-state index in [1.807, 2.05) is 5.38 Å². The minimum absolute atomic E-state index is 0.00488. The van der Waals surface area contributed by atoms with Crippen molar-refractivity contribution in [3.05, 3.63) is 21.4 Å². The SMILES string of the molecule is O=C(NCC1(O)CCC1)c1csc2c1CCCC2. The molecule has 0 saturated heterocycles. The van der Waals surface area contributed by atoms with E-state index in [9.17, 15) is 9.90 Å². The average Bonchev–Trinajstić information content (AvgIpc) is 2.77. The van der Waals surface area contributed by atoms with Gasteiger partial charge in [0.15, 0.2) is 0 Å². The third kappa shape index (κ3) is 2.19. The zero-order valence-corrected chi connectivity index (χ0v) is 11.3. The molecule has 0 radical (unpaired) electrons. The number of aliphatic hydroxyl groups is 1. The first-order valence-corrected chi connectivity index (χ1v) is 7.66. The number of carbonyl (C=O) groups is 1. The molecule has 0 aliphatic heterocycles. The molecule has 3 rings (SSSR count). The summed E-state index contributed by atoms with van der Waals surface area (Å²) in [6, 6.07) is 0. The van der Waals surface area contributed by atoms with Crippen LogP contribution in [0.5, 0.6) is 0 Å². The van der Waals surface area contributed by atoms with Gasteiger partial charge in [0.2, 0.25) is 0 Å². The van der Waals surface area contributed by atoms with Crippen molar-refractivity contribution in [1.82, 2.24) is 5.32 Å². The van der Waals surface area contributed by atoms with Gasteiger partial charge in [0, 0.05) is 16.8 Å². The van der Waals surface area contributed by atoms with E-state index < -0.39 is 5.60 Å². The van der Waals surface area contributed by atoms with Gasteiger partial charge in [-0.25, -0.2) is 0 Å². The standard InChI is InChI=1S/C14H19NO2S/c16-13(15-9-14(17)6-3-7-14)11-8-18-12-5-2-1-4-10(11)12/h8,17H,1-7,9H2,(H,15,16). The zero-order chi connectivity index (χ0) is 12.6.